The molecule has 0 radical (unpaired) electrons. The predicted molar refractivity (Wildman–Crippen MR) is 51.7 cm³/mol. The van der Waals surface area contributed by atoms with Crippen LogP contribution in [0.4, 0.5) is 0 Å². The summed E-state index contributed by atoms with van der Waals surface area (Å²) in [6.45, 7) is 5.84. The van der Waals surface area contributed by atoms with Crippen LogP contribution in [0, 0.1) is 24.2 Å². The van der Waals surface area contributed by atoms with E-state index in [1.54, 1.807) is 6.92 Å². The number of Topliss-reactive ketones (excluding diaryl/α,β-unsaturated/α-hetero) is 1. The van der Waals surface area contributed by atoms with E-state index in [9.17, 15) is 4.79 Å². The van der Waals surface area contributed by atoms with Crippen molar-refractivity contribution in [3.05, 3.63) is 0 Å². The van der Waals surface area contributed by atoms with Crippen molar-refractivity contribution in [2.75, 3.05) is 0 Å². The van der Waals surface area contributed by atoms with Crippen molar-refractivity contribution in [1.82, 2.24) is 0 Å². The first kappa shape index (κ1) is 11.2. The second-order valence-corrected chi connectivity index (χ2v) is 3.56. The van der Waals surface area contributed by atoms with E-state index in [2.05, 4.69) is 19.8 Å². The van der Waals surface area contributed by atoms with E-state index in [0.29, 0.717) is 11.7 Å². The quantitative estimate of drug-likeness (QED) is 0.453. The summed E-state index contributed by atoms with van der Waals surface area (Å²) < 4.78 is 0. The van der Waals surface area contributed by atoms with Gasteiger partial charge in [-0.05, 0) is 25.7 Å². The van der Waals surface area contributed by atoms with Crippen molar-refractivity contribution in [2.24, 2.45) is 11.8 Å². The van der Waals surface area contributed by atoms with Crippen molar-refractivity contribution >= 4 is 5.78 Å². The lowest BCUT2D eigenvalue weighted by molar-refractivity contribution is -0.122. The zero-order valence-electron chi connectivity index (χ0n) is 8.26. The molecule has 0 fully saturated rings. The molecule has 0 amide bonds. The van der Waals surface area contributed by atoms with Gasteiger partial charge in [-0.3, -0.25) is 4.79 Å². The Bertz CT molecular complexity index is 174. The van der Waals surface area contributed by atoms with Crippen molar-refractivity contribution in [3.63, 3.8) is 0 Å². The molecule has 0 spiro atoms. The Morgan fingerprint density at radius 3 is 2.42 bits per heavy atom. The van der Waals surface area contributed by atoms with Gasteiger partial charge < -0.3 is 0 Å². The molecule has 0 aliphatic rings. The molecule has 0 aliphatic carbocycles. The van der Waals surface area contributed by atoms with Crippen LogP contribution in [0.5, 0.6) is 0 Å². The van der Waals surface area contributed by atoms with E-state index >= 15 is 0 Å². The molecular weight excluding hydrogens is 148 g/mol. The maximum absolute atomic E-state index is 11.1. The molecule has 0 aromatic rings. The Balaban J connectivity index is 3.82. The Labute approximate surface area is 75.5 Å². The molecule has 0 aromatic carbocycles. The van der Waals surface area contributed by atoms with E-state index in [1.165, 1.54) is 0 Å². The van der Waals surface area contributed by atoms with Gasteiger partial charge in [0.2, 0.25) is 0 Å². The van der Waals surface area contributed by atoms with Crippen LogP contribution in [0.1, 0.15) is 40.0 Å². The molecule has 0 saturated carbocycles. The largest absolute Gasteiger partial charge is 0.300 e. The first-order valence-electron chi connectivity index (χ1n) is 4.53. The second kappa shape index (κ2) is 5.83. The summed E-state index contributed by atoms with van der Waals surface area (Å²) in [5.74, 6) is 3.53. The third-order valence-electron chi connectivity index (χ3n) is 2.16. The lowest BCUT2D eigenvalue weighted by atomic mass is 9.87. The lowest BCUT2D eigenvalue weighted by Gasteiger charge is -2.16. The van der Waals surface area contributed by atoms with Crippen LogP contribution in [0.3, 0.4) is 0 Å². The zero-order chi connectivity index (χ0) is 9.56. The maximum Gasteiger partial charge on any atom is 0.133 e. The molecule has 0 N–H and O–H groups in total. The normalized spacial score (nSPS) is 12.6. The van der Waals surface area contributed by atoms with Crippen LogP contribution >= 0.6 is 0 Å². The standard InChI is InChI=1S/C11H18O/c1-5-6-7-8-11(9(2)3)10(4)12/h1,9,11H,6-8H2,2-4H3. The minimum atomic E-state index is 0.207. The third-order valence-corrected chi connectivity index (χ3v) is 2.16. The average molecular weight is 166 g/mol. The van der Waals surface area contributed by atoms with Crippen molar-refractivity contribution in [1.29, 1.82) is 0 Å². The summed E-state index contributed by atoms with van der Waals surface area (Å²) in [5, 5.41) is 0. The van der Waals surface area contributed by atoms with Gasteiger partial charge in [0.25, 0.3) is 0 Å². The highest BCUT2D eigenvalue weighted by atomic mass is 16.1. The summed E-state index contributed by atoms with van der Waals surface area (Å²) in [5.41, 5.74) is 0. The molecule has 1 heteroatoms. The summed E-state index contributed by atoms with van der Waals surface area (Å²) in [4.78, 5) is 11.1. The van der Waals surface area contributed by atoms with Gasteiger partial charge in [-0.1, -0.05) is 13.8 Å². The molecular formula is C11H18O. The lowest BCUT2D eigenvalue weighted by Crippen LogP contribution is -2.17. The topological polar surface area (TPSA) is 17.1 Å². The molecule has 0 bridgehead atoms. The van der Waals surface area contributed by atoms with Crippen molar-refractivity contribution in [2.45, 2.75) is 40.0 Å². The molecule has 1 unspecified atom stereocenters. The number of hydrogen-bond donors (Lipinski definition) is 0. The van der Waals surface area contributed by atoms with Crippen LogP contribution in [0.15, 0.2) is 0 Å². The van der Waals surface area contributed by atoms with E-state index in [4.69, 9.17) is 6.42 Å². The minimum absolute atomic E-state index is 0.207. The first-order chi connectivity index (χ1) is 5.59. The number of carbonyl (C=O) groups excluding carboxylic acids is 1. The van der Waals surface area contributed by atoms with E-state index < -0.39 is 0 Å². The van der Waals surface area contributed by atoms with Crippen LogP contribution in [0.25, 0.3) is 0 Å². The predicted octanol–water partition coefficient (Wildman–Crippen LogP) is 2.65. The van der Waals surface area contributed by atoms with Gasteiger partial charge in [0.05, 0.1) is 0 Å². The SMILES string of the molecule is C#CCCCC(C(C)=O)C(C)C. The van der Waals surface area contributed by atoms with E-state index in [0.717, 1.165) is 19.3 Å². The molecule has 1 atom stereocenters. The Morgan fingerprint density at radius 1 is 1.50 bits per heavy atom. The Kier molecular flexibility index (Phi) is 5.45. The summed E-state index contributed by atoms with van der Waals surface area (Å²) in [7, 11) is 0. The molecule has 0 rings (SSSR count). The highest BCUT2D eigenvalue weighted by Crippen LogP contribution is 2.18. The van der Waals surface area contributed by atoms with Gasteiger partial charge in [-0.15, -0.1) is 12.3 Å². The first-order valence-corrected chi connectivity index (χ1v) is 4.53. The molecule has 1 nitrogen and oxygen atoms in total. The van der Waals surface area contributed by atoms with Gasteiger partial charge >= 0.3 is 0 Å². The average Bonchev–Trinajstić information content (AvgIpc) is 1.96. The fourth-order valence-corrected chi connectivity index (χ4v) is 1.43. The number of hydrogen-bond acceptors (Lipinski definition) is 1. The molecule has 0 aromatic heterocycles. The monoisotopic (exact) mass is 166 g/mol. The molecule has 68 valence electrons. The maximum atomic E-state index is 11.1. The van der Waals surface area contributed by atoms with Crippen LogP contribution < -0.4 is 0 Å². The van der Waals surface area contributed by atoms with Crippen LogP contribution in [0.2, 0.25) is 0 Å². The molecule has 0 aliphatic heterocycles. The summed E-state index contributed by atoms with van der Waals surface area (Å²) in [6, 6.07) is 0. The number of terminal acetylenes is 1. The number of carbonyl (C=O) groups is 1. The van der Waals surface area contributed by atoms with Gasteiger partial charge in [0.1, 0.15) is 5.78 Å². The smallest absolute Gasteiger partial charge is 0.133 e. The number of ketones is 1. The van der Waals surface area contributed by atoms with Gasteiger partial charge in [0.15, 0.2) is 0 Å². The molecule has 0 heterocycles. The number of rotatable bonds is 5. The van der Waals surface area contributed by atoms with Gasteiger partial charge in [0, 0.05) is 12.3 Å². The van der Waals surface area contributed by atoms with Crippen molar-refractivity contribution < 1.29 is 4.79 Å². The Morgan fingerprint density at radius 2 is 2.08 bits per heavy atom. The van der Waals surface area contributed by atoms with Gasteiger partial charge in [-0.2, -0.15) is 0 Å². The minimum Gasteiger partial charge on any atom is -0.300 e. The van der Waals surface area contributed by atoms with Crippen molar-refractivity contribution in [3.8, 4) is 12.3 Å². The fraction of sp³-hybridized carbons (Fsp3) is 0.727. The van der Waals surface area contributed by atoms with Crippen LogP contribution in [-0.4, -0.2) is 5.78 Å². The molecule has 0 saturated heterocycles. The summed E-state index contributed by atoms with van der Waals surface area (Å²) in [6.07, 6.45) is 7.83. The zero-order valence-corrected chi connectivity index (χ0v) is 8.26. The fourth-order valence-electron chi connectivity index (χ4n) is 1.43. The molecule has 12 heavy (non-hydrogen) atoms. The third kappa shape index (κ3) is 4.18. The highest BCUT2D eigenvalue weighted by Gasteiger charge is 2.16. The highest BCUT2D eigenvalue weighted by molar-refractivity contribution is 5.78. The van der Waals surface area contributed by atoms with E-state index in [1.807, 2.05) is 0 Å². The van der Waals surface area contributed by atoms with Crippen LogP contribution in [-0.2, 0) is 4.79 Å². The Hall–Kier alpha value is -0.770. The number of unbranched alkanes of at least 4 members (excludes halogenated alkanes) is 1. The van der Waals surface area contributed by atoms with Gasteiger partial charge in [-0.25, -0.2) is 0 Å². The second-order valence-electron chi connectivity index (χ2n) is 3.56. The summed E-state index contributed by atoms with van der Waals surface area (Å²) >= 11 is 0. The van der Waals surface area contributed by atoms with E-state index in [-0.39, 0.29) is 5.92 Å².